The Labute approximate surface area is 123 Å². The molecule has 108 valence electrons. The van der Waals surface area contributed by atoms with Gasteiger partial charge in [0, 0.05) is 12.0 Å². The molecule has 0 amide bonds. The van der Waals surface area contributed by atoms with Gasteiger partial charge in [-0.1, -0.05) is 44.6 Å². The number of benzene rings is 1. The topological polar surface area (TPSA) is 26.3 Å². The van der Waals surface area contributed by atoms with Crippen molar-refractivity contribution in [2.24, 2.45) is 5.92 Å². The average Bonchev–Trinajstić information content (AvgIpc) is 2.36. The number of rotatable bonds is 4. The third-order valence-corrected chi connectivity index (χ3v) is 3.74. The van der Waals surface area contributed by atoms with Crippen LogP contribution < -0.4 is 0 Å². The second-order valence-electron chi connectivity index (χ2n) is 6.29. The molecular formula is C17H24O2Si. The van der Waals surface area contributed by atoms with Crippen LogP contribution in [0.15, 0.2) is 24.3 Å². The van der Waals surface area contributed by atoms with Gasteiger partial charge in [0.2, 0.25) is 0 Å². The minimum absolute atomic E-state index is 0.143. The largest absolute Gasteiger partial charge is 0.469 e. The molecule has 0 aliphatic heterocycles. The monoisotopic (exact) mass is 288 g/mol. The van der Waals surface area contributed by atoms with Gasteiger partial charge < -0.3 is 4.74 Å². The van der Waals surface area contributed by atoms with Gasteiger partial charge in [-0.25, -0.2) is 0 Å². The number of carbonyl (C=O) groups excluding carboxylic acids is 1. The summed E-state index contributed by atoms with van der Waals surface area (Å²) in [7, 11) is 0.117. The van der Waals surface area contributed by atoms with Gasteiger partial charge in [0.25, 0.3) is 0 Å². The fourth-order valence-electron chi connectivity index (χ4n) is 1.83. The molecule has 0 aliphatic carbocycles. The molecule has 1 aromatic carbocycles. The van der Waals surface area contributed by atoms with Gasteiger partial charge in [-0.05, 0) is 30.0 Å². The van der Waals surface area contributed by atoms with E-state index in [1.54, 1.807) is 0 Å². The van der Waals surface area contributed by atoms with Crippen LogP contribution in [0, 0.1) is 17.4 Å². The summed E-state index contributed by atoms with van der Waals surface area (Å²) < 4.78 is 4.69. The molecule has 0 radical (unpaired) electrons. The van der Waals surface area contributed by atoms with Crippen LogP contribution in [0.3, 0.4) is 0 Å². The molecule has 0 bridgehead atoms. The smallest absolute Gasteiger partial charge is 0.305 e. The van der Waals surface area contributed by atoms with E-state index >= 15 is 0 Å². The van der Waals surface area contributed by atoms with E-state index in [1.165, 1.54) is 12.7 Å². The van der Waals surface area contributed by atoms with Crippen LogP contribution in [0.1, 0.15) is 24.5 Å². The third-order valence-electron chi connectivity index (χ3n) is 2.86. The van der Waals surface area contributed by atoms with E-state index in [-0.39, 0.29) is 5.97 Å². The summed E-state index contributed by atoms with van der Waals surface area (Å²) in [4.78, 5) is 11.2. The maximum Gasteiger partial charge on any atom is 0.305 e. The SMILES string of the molecule is COC(=O)CC(C)Cc1ccc(C#C[Si](C)(C)C)cc1. The third kappa shape index (κ3) is 6.58. The van der Waals surface area contributed by atoms with Gasteiger partial charge in [0.15, 0.2) is 0 Å². The lowest BCUT2D eigenvalue weighted by atomic mass is 9.97. The van der Waals surface area contributed by atoms with Crippen molar-refractivity contribution in [3.8, 4) is 11.5 Å². The Balaban J connectivity index is 2.62. The van der Waals surface area contributed by atoms with Gasteiger partial charge >= 0.3 is 5.97 Å². The van der Waals surface area contributed by atoms with E-state index in [9.17, 15) is 4.79 Å². The molecule has 20 heavy (non-hydrogen) atoms. The molecule has 1 aromatic rings. The quantitative estimate of drug-likeness (QED) is 0.480. The summed E-state index contributed by atoms with van der Waals surface area (Å²) in [5.41, 5.74) is 5.66. The van der Waals surface area contributed by atoms with Crippen LogP contribution in [0.25, 0.3) is 0 Å². The molecule has 0 fully saturated rings. The molecule has 1 atom stereocenters. The van der Waals surface area contributed by atoms with E-state index in [2.05, 4.69) is 67.0 Å². The highest BCUT2D eigenvalue weighted by Gasteiger charge is 2.10. The van der Waals surface area contributed by atoms with Gasteiger partial charge in [0.05, 0.1) is 7.11 Å². The summed E-state index contributed by atoms with van der Waals surface area (Å²) in [5.74, 6) is 3.39. The van der Waals surface area contributed by atoms with Gasteiger partial charge in [-0.2, -0.15) is 0 Å². The van der Waals surface area contributed by atoms with Crippen LogP contribution in [0.5, 0.6) is 0 Å². The molecule has 2 nitrogen and oxygen atoms in total. The molecule has 1 rings (SSSR count). The summed E-state index contributed by atoms with van der Waals surface area (Å²) >= 11 is 0. The highest BCUT2D eigenvalue weighted by atomic mass is 28.3. The van der Waals surface area contributed by atoms with E-state index in [0.717, 1.165) is 12.0 Å². The molecule has 0 aromatic heterocycles. The van der Waals surface area contributed by atoms with Crippen LogP contribution in [-0.2, 0) is 16.0 Å². The van der Waals surface area contributed by atoms with Crippen molar-refractivity contribution in [3.63, 3.8) is 0 Å². The predicted octanol–water partition coefficient (Wildman–Crippen LogP) is 3.66. The maximum absolute atomic E-state index is 11.2. The van der Waals surface area contributed by atoms with E-state index < -0.39 is 8.07 Å². The lowest BCUT2D eigenvalue weighted by molar-refractivity contribution is -0.141. The van der Waals surface area contributed by atoms with Crippen LogP contribution in [-0.4, -0.2) is 21.2 Å². The number of hydrogen-bond donors (Lipinski definition) is 0. The van der Waals surface area contributed by atoms with Crippen molar-refractivity contribution in [2.75, 3.05) is 7.11 Å². The first-order chi connectivity index (χ1) is 9.30. The molecule has 3 heteroatoms. The summed E-state index contributed by atoms with van der Waals surface area (Å²) in [6, 6.07) is 8.32. The first-order valence-electron chi connectivity index (χ1n) is 6.99. The minimum atomic E-state index is -1.31. The Morgan fingerprint density at radius 2 is 1.85 bits per heavy atom. The Morgan fingerprint density at radius 3 is 2.35 bits per heavy atom. The lowest BCUT2D eigenvalue weighted by Gasteiger charge is -2.10. The number of esters is 1. The second kappa shape index (κ2) is 7.30. The van der Waals surface area contributed by atoms with Crippen LogP contribution >= 0.6 is 0 Å². The van der Waals surface area contributed by atoms with Crippen molar-refractivity contribution in [3.05, 3.63) is 35.4 Å². The summed E-state index contributed by atoms with van der Waals surface area (Å²) in [5, 5.41) is 0. The Morgan fingerprint density at radius 1 is 1.25 bits per heavy atom. The normalized spacial score (nSPS) is 12.2. The first kappa shape index (κ1) is 16.5. The molecule has 0 saturated carbocycles. The zero-order chi connectivity index (χ0) is 15.2. The van der Waals surface area contributed by atoms with E-state index in [0.29, 0.717) is 12.3 Å². The minimum Gasteiger partial charge on any atom is -0.469 e. The number of methoxy groups -OCH3 is 1. The number of ether oxygens (including phenoxy) is 1. The van der Waals surface area contributed by atoms with Crippen LogP contribution in [0.2, 0.25) is 19.6 Å². The van der Waals surface area contributed by atoms with Crippen LogP contribution in [0.4, 0.5) is 0 Å². The van der Waals surface area contributed by atoms with Gasteiger partial charge in [0.1, 0.15) is 8.07 Å². The summed E-state index contributed by atoms with van der Waals surface area (Å²) in [6.07, 6.45) is 1.35. The molecule has 0 spiro atoms. The highest BCUT2D eigenvalue weighted by Crippen LogP contribution is 2.13. The Bertz CT molecular complexity index is 501. The van der Waals surface area contributed by atoms with Crippen molar-refractivity contribution in [2.45, 2.75) is 39.4 Å². The first-order valence-corrected chi connectivity index (χ1v) is 10.5. The fraction of sp³-hybridized carbons (Fsp3) is 0.471. The van der Waals surface area contributed by atoms with Crippen molar-refractivity contribution in [1.29, 1.82) is 0 Å². The highest BCUT2D eigenvalue weighted by molar-refractivity contribution is 6.83. The summed E-state index contributed by atoms with van der Waals surface area (Å²) in [6.45, 7) is 8.78. The molecule has 1 unspecified atom stereocenters. The zero-order valence-electron chi connectivity index (χ0n) is 13.1. The van der Waals surface area contributed by atoms with Gasteiger partial charge in [-0.3, -0.25) is 4.79 Å². The standard InChI is InChI=1S/C17H24O2Si/c1-14(13-17(18)19-2)12-16-8-6-15(7-9-16)10-11-20(3,4)5/h6-9,14H,12-13H2,1-5H3. The maximum atomic E-state index is 11.2. The molecular weight excluding hydrogens is 264 g/mol. The zero-order valence-corrected chi connectivity index (χ0v) is 14.1. The molecule has 0 saturated heterocycles. The molecule has 0 heterocycles. The number of carbonyl (C=O) groups is 1. The predicted molar refractivity (Wildman–Crippen MR) is 86.2 cm³/mol. The van der Waals surface area contributed by atoms with Gasteiger partial charge in [-0.15, -0.1) is 5.54 Å². The molecule has 0 aliphatic rings. The Kier molecular flexibility index (Phi) is 6.03. The fourth-order valence-corrected chi connectivity index (χ4v) is 2.35. The molecule has 0 N–H and O–H groups in total. The van der Waals surface area contributed by atoms with Crippen molar-refractivity contribution >= 4 is 14.0 Å². The Hall–Kier alpha value is -1.53. The van der Waals surface area contributed by atoms with Crippen molar-refractivity contribution < 1.29 is 9.53 Å². The van der Waals surface area contributed by atoms with E-state index in [4.69, 9.17) is 0 Å². The van der Waals surface area contributed by atoms with Crippen molar-refractivity contribution in [1.82, 2.24) is 0 Å². The number of hydrogen-bond acceptors (Lipinski definition) is 2. The van der Waals surface area contributed by atoms with E-state index in [1.807, 2.05) is 0 Å². The second-order valence-corrected chi connectivity index (χ2v) is 11.0. The average molecular weight is 288 g/mol. The lowest BCUT2D eigenvalue weighted by Crippen LogP contribution is -2.16.